The van der Waals surface area contributed by atoms with Crippen LogP contribution in [0.25, 0.3) is 5.53 Å². The highest BCUT2D eigenvalue weighted by Gasteiger charge is 2.88. The fourth-order valence-electron chi connectivity index (χ4n) is 3.45. The van der Waals surface area contributed by atoms with Crippen LogP contribution in [-0.4, -0.2) is 71.4 Å². The maximum atomic E-state index is 15.7. The third-order valence-corrected chi connectivity index (χ3v) is 5.27. The second kappa shape index (κ2) is 10.2. The van der Waals surface area contributed by atoms with Gasteiger partial charge < -0.3 is 15.0 Å². The predicted octanol–water partition coefficient (Wildman–Crippen LogP) is 2.35. The van der Waals surface area contributed by atoms with Crippen molar-refractivity contribution in [1.29, 1.82) is 21.0 Å². The van der Waals surface area contributed by atoms with Crippen LogP contribution < -0.4 is 0 Å². The quantitative estimate of drug-likeness (QED) is 0.0879. The van der Waals surface area contributed by atoms with Gasteiger partial charge in [0.2, 0.25) is 5.95 Å². The lowest BCUT2D eigenvalue weighted by molar-refractivity contribution is -0.278. The van der Waals surface area contributed by atoms with Crippen LogP contribution in [0.1, 0.15) is 0 Å². The van der Waals surface area contributed by atoms with Crippen molar-refractivity contribution >= 4 is 23.4 Å². The number of alkyl halides is 9. The molecule has 0 bridgehead atoms. The van der Waals surface area contributed by atoms with Crippen molar-refractivity contribution in [2.45, 2.75) is 24.1 Å². The average molecular weight is 588 g/mol. The number of methoxy groups -OCH3 is 2. The van der Waals surface area contributed by atoms with E-state index in [-0.39, 0.29) is 31.4 Å². The van der Waals surface area contributed by atoms with Gasteiger partial charge in [0.15, 0.2) is 5.71 Å². The number of hydrogen-bond acceptors (Lipinski definition) is 10. The van der Waals surface area contributed by atoms with Crippen LogP contribution in [0.5, 0.6) is 0 Å². The molecule has 0 spiro atoms. The summed E-state index contributed by atoms with van der Waals surface area (Å²) in [6, 6.07) is 0.203. The summed E-state index contributed by atoms with van der Waals surface area (Å²) in [5, 5.41) is 37.6. The molecule has 1 aliphatic heterocycles. The van der Waals surface area contributed by atoms with Gasteiger partial charge in [-0.05, 0) is 0 Å². The second-order valence-electron chi connectivity index (χ2n) is 7.01. The van der Waals surface area contributed by atoms with Gasteiger partial charge in [-0.3, -0.25) is 0 Å². The van der Waals surface area contributed by atoms with E-state index in [2.05, 4.69) is 14.6 Å². The van der Waals surface area contributed by atoms with E-state index in [1.54, 1.807) is 4.79 Å². The number of halogens is 10. The number of nitrogens with zero attached hydrogens (tertiary/aromatic N) is 8. The summed E-state index contributed by atoms with van der Waals surface area (Å²) < 4.78 is 151. The molecule has 0 radical (unpaired) electrons. The lowest BCUT2D eigenvalue weighted by Crippen LogP contribution is -2.69. The minimum Gasteiger partial charge on any atom is -0.464 e. The summed E-state index contributed by atoms with van der Waals surface area (Å²) in [4.78, 5) is 25.6. The summed E-state index contributed by atoms with van der Waals surface area (Å²) in [5.41, 5.74) is -16.1. The number of carbonyl (C=O) groups is 2. The van der Waals surface area contributed by atoms with Gasteiger partial charge in [0.1, 0.15) is 17.7 Å². The molecule has 0 fully saturated rings. The number of esters is 2. The Hall–Kier alpha value is -5.21. The van der Waals surface area contributed by atoms with Gasteiger partial charge in [-0.15, -0.1) is 0 Å². The molecular formula is C18H6F10N8O4. The Labute approximate surface area is 213 Å². The van der Waals surface area contributed by atoms with E-state index in [9.17, 15) is 70.2 Å². The number of hydrogen-bond donors (Lipinski definition) is 0. The molecule has 0 aromatic heterocycles. The molecule has 0 N–H and O–H groups in total. The molecule has 1 rings (SSSR count). The monoisotopic (exact) mass is 588 g/mol. The first kappa shape index (κ1) is 32.8. The van der Waals surface area contributed by atoms with Gasteiger partial charge in [0, 0.05) is 0 Å². The number of hydrazone groups is 1. The first-order chi connectivity index (χ1) is 18.2. The van der Waals surface area contributed by atoms with Crippen LogP contribution in [0.15, 0.2) is 16.6 Å². The summed E-state index contributed by atoms with van der Waals surface area (Å²) in [5.74, 6) is -8.58. The van der Waals surface area contributed by atoms with E-state index in [1.807, 2.05) is 0 Å². The van der Waals surface area contributed by atoms with Crippen LogP contribution in [0.4, 0.5) is 43.9 Å². The molecule has 212 valence electrons. The normalized spacial score (nSPS) is 23.0. The van der Waals surface area contributed by atoms with Gasteiger partial charge in [-0.1, -0.05) is 0 Å². The molecule has 12 nitrogen and oxygen atoms in total. The van der Waals surface area contributed by atoms with Gasteiger partial charge in [-0.2, -0.15) is 74.8 Å². The summed E-state index contributed by atoms with van der Waals surface area (Å²) in [6.07, 6.45) is -20.1. The highest BCUT2D eigenvalue weighted by atomic mass is 19.4. The molecule has 22 heteroatoms. The average Bonchev–Trinajstić information content (AvgIpc) is 3.19. The SMILES string of the molecule is COC(=O)C1=NN(/C(F)=C(\C#N)C(C#N)(C(=[N+]=[N-])C(=O)OC)C(F)(F)F)[C@](C#N)(C(F)(F)F)[C@@]1(C#N)C(F)(F)F. The first-order valence-electron chi connectivity index (χ1n) is 9.21. The van der Waals surface area contributed by atoms with E-state index >= 15 is 4.39 Å². The summed E-state index contributed by atoms with van der Waals surface area (Å²) >= 11 is 0. The molecule has 1 heterocycles. The summed E-state index contributed by atoms with van der Waals surface area (Å²) in [7, 11) is 0.520. The van der Waals surface area contributed by atoms with E-state index < -0.39 is 74.8 Å². The van der Waals surface area contributed by atoms with Crippen molar-refractivity contribution in [3.63, 3.8) is 0 Å². The third kappa shape index (κ3) is 3.93. The summed E-state index contributed by atoms with van der Waals surface area (Å²) in [6.45, 7) is 0. The Balaban J connectivity index is 4.71. The molecule has 0 saturated heterocycles. The standard InChI is InChI=1S/C18H6F10N8O4/c1-39-11(37)8(34-33)13(4-30,16(20,21)22)7(3-29)10(19)36-15(6-32,18(26,27)28)14(5-31,17(23,24)25)9(35-36)12(38)40-2/h1-2H3/b10-7+/t13?,14-,15-/m0/s1. The Bertz CT molecular complexity index is 1410. The van der Waals surface area contributed by atoms with Gasteiger partial charge >= 0.3 is 36.2 Å². The molecule has 0 aromatic rings. The predicted molar refractivity (Wildman–Crippen MR) is 98.3 cm³/mol. The van der Waals surface area contributed by atoms with Gasteiger partial charge in [0.25, 0.3) is 16.4 Å². The molecule has 0 aromatic carbocycles. The van der Waals surface area contributed by atoms with Crippen molar-refractivity contribution in [1.82, 2.24) is 5.01 Å². The first-order valence-corrected chi connectivity index (χ1v) is 9.21. The van der Waals surface area contributed by atoms with E-state index in [1.165, 1.54) is 0 Å². The topological polar surface area (TPSA) is 200 Å². The fraction of sp³-hybridized carbons (Fsp3) is 0.444. The molecule has 0 saturated carbocycles. The fourth-order valence-corrected chi connectivity index (χ4v) is 3.45. The zero-order valence-electron chi connectivity index (χ0n) is 19.0. The molecule has 40 heavy (non-hydrogen) atoms. The van der Waals surface area contributed by atoms with E-state index in [4.69, 9.17) is 5.53 Å². The lowest BCUT2D eigenvalue weighted by Gasteiger charge is -2.41. The Morgan fingerprint density at radius 2 is 1.48 bits per heavy atom. The largest absolute Gasteiger partial charge is 0.464 e. The van der Waals surface area contributed by atoms with E-state index in [0.717, 1.165) is 0 Å². The lowest BCUT2D eigenvalue weighted by atomic mass is 9.66. The van der Waals surface area contributed by atoms with Crippen molar-refractivity contribution in [3.8, 4) is 24.3 Å². The zero-order chi connectivity index (χ0) is 31.7. The van der Waals surface area contributed by atoms with Crippen molar-refractivity contribution in [2.75, 3.05) is 14.2 Å². The van der Waals surface area contributed by atoms with Crippen molar-refractivity contribution in [3.05, 3.63) is 17.1 Å². The number of ether oxygens (including phenoxy) is 2. The van der Waals surface area contributed by atoms with Gasteiger partial charge in [0.05, 0.1) is 26.4 Å². The highest BCUT2D eigenvalue weighted by Crippen LogP contribution is 2.61. The van der Waals surface area contributed by atoms with E-state index in [0.29, 0.717) is 7.11 Å². The molecular weight excluding hydrogens is 582 g/mol. The minimum atomic E-state index is -6.87. The number of nitriles is 4. The molecule has 1 aliphatic rings. The van der Waals surface area contributed by atoms with Crippen molar-refractivity contribution < 1.29 is 67.8 Å². The highest BCUT2D eigenvalue weighted by molar-refractivity contribution is 6.40. The maximum Gasteiger partial charge on any atom is 0.429 e. The van der Waals surface area contributed by atoms with Crippen LogP contribution in [0.2, 0.25) is 0 Å². The Kier molecular flexibility index (Phi) is 8.34. The van der Waals surface area contributed by atoms with Crippen LogP contribution in [-0.2, 0) is 19.1 Å². The minimum absolute atomic E-state index is 0.0209. The number of rotatable bonds is 5. The van der Waals surface area contributed by atoms with Gasteiger partial charge in [-0.25, -0.2) is 14.6 Å². The maximum absolute atomic E-state index is 15.7. The van der Waals surface area contributed by atoms with Crippen LogP contribution in [0.3, 0.4) is 0 Å². The second-order valence-corrected chi connectivity index (χ2v) is 7.01. The molecule has 1 unspecified atom stereocenters. The molecule has 0 amide bonds. The Morgan fingerprint density at radius 1 is 0.950 bits per heavy atom. The Morgan fingerprint density at radius 3 is 1.75 bits per heavy atom. The smallest absolute Gasteiger partial charge is 0.429 e. The van der Waals surface area contributed by atoms with Crippen LogP contribution in [0, 0.1) is 56.2 Å². The number of allylic oxidation sites excluding steroid dienone is 1. The third-order valence-electron chi connectivity index (χ3n) is 5.27. The number of carbonyl (C=O) groups excluding carboxylic acids is 2. The molecule has 0 aliphatic carbocycles. The van der Waals surface area contributed by atoms with Crippen LogP contribution >= 0.6 is 0 Å². The molecule has 3 atom stereocenters. The van der Waals surface area contributed by atoms with Crippen molar-refractivity contribution in [2.24, 2.45) is 15.9 Å². The zero-order valence-corrected chi connectivity index (χ0v) is 19.0.